The minimum Gasteiger partial charge on any atom is -0.497 e. The lowest BCUT2D eigenvalue weighted by Crippen LogP contribution is -2.42. The van der Waals surface area contributed by atoms with Crippen molar-refractivity contribution in [3.63, 3.8) is 0 Å². The third-order valence-electron chi connectivity index (χ3n) is 4.82. The molecule has 2 atom stereocenters. The number of nitrogens with zero attached hydrogens (tertiary/aromatic N) is 1. The summed E-state index contributed by atoms with van der Waals surface area (Å²) in [5.41, 5.74) is 1.07. The molecule has 1 aromatic carbocycles. The summed E-state index contributed by atoms with van der Waals surface area (Å²) < 4.78 is 5.22. The predicted molar refractivity (Wildman–Crippen MR) is 95.6 cm³/mol. The first-order chi connectivity index (χ1) is 12.0. The van der Waals surface area contributed by atoms with Gasteiger partial charge in [-0.25, -0.2) is 4.79 Å². The highest BCUT2D eigenvalue weighted by Gasteiger charge is 2.41. The van der Waals surface area contributed by atoms with Crippen molar-refractivity contribution in [2.75, 3.05) is 20.2 Å². The first-order valence-electron chi connectivity index (χ1n) is 8.97. The molecule has 3 amide bonds. The van der Waals surface area contributed by atoms with Crippen molar-refractivity contribution in [1.82, 2.24) is 15.5 Å². The minimum absolute atomic E-state index is 0.00238. The van der Waals surface area contributed by atoms with Gasteiger partial charge < -0.3 is 20.3 Å². The molecule has 1 aromatic rings. The van der Waals surface area contributed by atoms with Gasteiger partial charge in [-0.05, 0) is 44.4 Å². The van der Waals surface area contributed by atoms with Crippen LogP contribution < -0.4 is 15.4 Å². The normalized spacial score (nSPS) is 22.8. The quantitative estimate of drug-likeness (QED) is 0.859. The van der Waals surface area contributed by atoms with Gasteiger partial charge in [-0.1, -0.05) is 12.1 Å². The maximum atomic E-state index is 12.7. The molecule has 0 aromatic heterocycles. The van der Waals surface area contributed by atoms with Crippen LogP contribution in [0.15, 0.2) is 24.3 Å². The van der Waals surface area contributed by atoms with Gasteiger partial charge in [0, 0.05) is 31.1 Å². The Kier molecular flexibility index (Phi) is 5.16. The lowest BCUT2D eigenvalue weighted by Gasteiger charge is -2.19. The van der Waals surface area contributed by atoms with Crippen LogP contribution in [0.4, 0.5) is 4.79 Å². The summed E-state index contributed by atoms with van der Waals surface area (Å²) in [6.07, 6.45) is 2.12. The van der Waals surface area contributed by atoms with Crippen molar-refractivity contribution < 1.29 is 14.3 Å². The van der Waals surface area contributed by atoms with E-state index in [4.69, 9.17) is 4.74 Å². The molecule has 2 N–H and O–H groups in total. The average molecular weight is 345 g/mol. The van der Waals surface area contributed by atoms with E-state index in [1.54, 1.807) is 12.0 Å². The number of ether oxygens (including phenoxy) is 1. The molecule has 0 radical (unpaired) electrons. The molecule has 2 fully saturated rings. The van der Waals surface area contributed by atoms with Crippen molar-refractivity contribution in [2.24, 2.45) is 5.92 Å². The Morgan fingerprint density at radius 2 is 1.84 bits per heavy atom. The van der Waals surface area contributed by atoms with Crippen LogP contribution in [0.5, 0.6) is 5.75 Å². The molecule has 0 bridgehead atoms. The summed E-state index contributed by atoms with van der Waals surface area (Å²) in [5, 5.41) is 6.02. The fourth-order valence-electron chi connectivity index (χ4n) is 3.30. The number of likely N-dealkylation sites (tertiary alicyclic amines) is 1. The van der Waals surface area contributed by atoms with E-state index in [9.17, 15) is 9.59 Å². The van der Waals surface area contributed by atoms with Crippen molar-refractivity contribution >= 4 is 11.9 Å². The first kappa shape index (κ1) is 17.6. The minimum atomic E-state index is -0.216. The SMILES string of the molecule is COc1ccc(C2CN(C(=O)NC(C)C)CC2C(=O)NC2CC2)cc1. The molecular formula is C19H27N3O3. The van der Waals surface area contributed by atoms with Crippen molar-refractivity contribution in [3.05, 3.63) is 29.8 Å². The lowest BCUT2D eigenvalue weighted by atomic mass is 9.88. The number of nitrogens with one attached hydrogen (secondary N) is 2. The maximum absolute atomic E-state index is 12.7. The Bertz CT molecular complexity index is 625. The summed E-state index contributed by atoms with van der Waals surface area (Å²) in [7, 11) is 1.63. The standard InChI is InChI=1S/C19H27N3O3/c1-12(2)20-19(24)22-10-16(13-4-8-15(25-3)9-5-13)17(11-22)18(23)21-14-6-7-14/h4-5,8-9,12,14,16-17H,6-7,10-11H2,1-3H3,(H,20,24)(H,21,23). The summed E-state index contributed by atoms with van der Waals surface area (Å²) in [5.74, 6) is 0.632. The number of hydrogen-bond donors (Lipinski definition) is 2. The number of urea groups is 1. The van der Waals surface area contributed by atoms with E-state index >= 15 is 0 Å². The van der Waals surface area contributed by atoms with Crippen LogP contribution >= 0.6 is 0 Å². The van der Waals surface area contributed by atoms with Crippen LogP contribution in [0, 0.1) is 5.92 Å². The number of carbonyl (C=O) groups excluding carboxylic acids is 2. The van der Waals surface area contributed by atoms with Gasteiger partial charge in [0.15, 0.2) is 0 Å². The van der Waals surface area contributed by atoms with Crippen LogP contribution in [0.1, 0.15) is 38.2 Å². The van der Waals surface area contributed by atoms with Crippen LogP contribution in [-0.4, -0.2) is 49.1 Å². The number of methoxy groups -OCH3 is 1. The first-order valence-corrected chi connectivity index (χ1v) is 8.97. The average Bonchev–Trinajstić information content (AvgIpc) is 3.28. The zero-order chi connectivity index (χ0) is 18.0. The topological polar surface area (TPSA) is 70.7 Å². The number of hydrogen-bond acceptors (Lipinski definition) is 3. The van der Waals surface area contributed by atoms with Crippen LogP contribution in [0.3, 0.4) is 0 Å². The number of carbonyl (C=O) groups is 2. The molecule has 1 saturated heterocycles. The molecule has 2 unspecified atom stereocenters. The van der Waals surface area contributed by atoms with Gasteiger partial charge in [0.25, 0.3) is 0 Å². The molecular weight excluding hydrogens is 318 g/mol. The second kappa shape index (κ2) is 7.33. The van der Waals surface area contributed by atoms with Gasteiger partial charge in [-0.15, -0.1) is 0 Å². The Hall–Kier alpha value is -2.24. The monoisotopic (exact) mass is 345 g/mol. The van der Waals surface area contributed by atoms with Gasteiger partial charge >= 0.3 is 6.03 Å². The molecule has 1 saturated carbocycles. The molecule has 1 aliphatic heterocycles. The van der Waals surface area contributed by atoms with Crippen LogP contribution in [0.2, 0.25) is 0 Å². The second-order valence-corrected chi connectivity index (χ2v) is 7.28. The third kappa shape index (κ3) is 4.24. The Morgan fingerprint density at radius 1 is 1.16 bits per heavy atom. The van der Waals surface area contributed by atoms with E-state index in [0.717, 1.165) is 24.2 Å². The van der Waals surface area contributed by atoms with E-state index in [-0.39, 0.29) is 29.8 Å². The van der Waals surface area contributed by atoms with E-state index in [1.165, 1.54) is 0 Å². The molecule has 2 aliphatic rings. The van der Waals surface area contributed by atoms with Crippen molar-refractivity contribution in [3.8, 4) is 5.75 Å². The predicted octanol–water partition coefficient (Wildman–Crippen LogP) is 2.11. The fourth-order valence-corrected chi connectivity index (χ4v) is 3.30. The molecule has 25 heavy (non-hydrogen) atoms. The Balaban J connectivity index is 1.77. The smallest absolute Gasteiger partial charge is 0.317 e. The molecule has 3 rings (SSSR count). The van der Waals surface area contributed by atoms with Crippen molar-refractivity contribution in [2.45, 2.75) is 44.7 Å². The van der Waals surface area contributed by atoms with Gasteiger partial charge in [-0.3, -0.25) is 4.79 Å². The molecule has 6 heteroatoms. The van der Waals surface area contributed by atoms with E-state index in [2.05, 4.69) is 10.6 Å². The van der Waals surface area contributed by atoms with Gasteiger partial charge in [0.05, 0.1) is 13.0 Å². The maximum Gasteiger partial charge on any atom is 0.317 e. The summed E-state index contributed by atoms with van der Waals surface area (Å²) in [4.78, 5) is 26.9. The molecule has 0 spiro atoms. The van der Waals surface area contributed by atoms with E-state index < -0.39 is 0 Å². The number of rotatable bonds is 5. The zero-order valence-electron chi connectivity index (χ0n) is 15.1. The Morgan fingerprint density at radius 3 is 2.40 bits per heavy atom. The molecule has 1 aliphatic carbocycles. The van der Waals surface area contributed by atoms with Crippen LogP contribution in [-0.2, 0) is 4.79 Å². The number of benzene rings is 1. The van der Waals surface area contributed by atoms with Crippen LogP contribution in [0.25, 0.3) is 0 Å². The summed E-state index contributed by atoms with van der Waals surface area (Å²) in [6.45, 7) is 4.87. The van der Waals surface area contributed by atoms with E-state index in [1.807, 2.05) is 38.1 Å². The third-order valence-corrected chi connectivity index (χ3v) is 4.82. The Labute approximate surface area is 148 Å². The highest BCUT2D eigenvalue weighted by Crippen LogP contribution is 2.34. The summed E-state index contributed by atoms with van der Waals surface area (Å²) >= 11 is 0. The van der Waals surface area contributed by atoms with Gasteiger partial charge in [-0.2, -0.15) is 0 Å². The van der Waals surface area contributed by atoms with Crippen molar-refractivity contribution in [1.29, 1.82) is 0 Å². The fraction of sp³-hybridized carbons (Fsp3) is 0.579. The van der Waals surface area contributed by atoms with Gasteiger partial charge in [0.1, 0.15) is 5.75 Å². The number of amides is 3. The highest BCUT2D eigenvalue weighted by molar-refractivity contribution is 5.83. The molecule has 136 valence electrons. The molecule has 1 heterocycles. The molecule has 6 nitrogen and oxygen atoms in total. The van der Waals surface area contributed by atoms with Gasteiger partial charge in [0.2, 0.25) is 5.91 Å². The largest absolute Gasteiger partial charge is 0.497 e. The summed E-state index contributed by atoms with van der Waals surface area (Å²) in [6, 6.07) is 8.09. The zero-order valence-corrected chi connectivity index (χ0v) is 15.1. The highest BCUT2D eigenvalue weighted by atomic mass is 16.5. The second-order valence-electron chi connectivity index (χ2n) is 7.28. The lowest BCUT2D eigenvalue weighted by molar-refractivity contribution is -0.125. The van der Waals surface area contributed by atoms with E-state index in [0.29, 0.717) is 19.1 Å².